The summed E-state index contributed by atoms with van der Waals surface area (Å²) in [7, 11) is 2.30. The Hall–Kier alpha value is -0.0400. The van der Waals surface area contributed by atoms with Gasteiger partial charge < -0.3 is 4.90 Å². The van der Waals surface area contributed by atoms with Crippen LogP contribution in [0.25, 0.3) is 0 Å². The van der Waals surface area contributed by atoms with Crippen molar-refractivity contribution < 1.29 is 0 Å². The summed E-state index contributed by atoms with van der Waals surface area (Å²) in [5, 5.41) is 0. The second kappa shape index (κ2) is 3.61. The number of rotatable bonds is 3. The lowest BCUT2D eigenvalue weighted by Gasteiger charge is -2.22. The van der Waals surface area contributed by atoms with Crippen LogP contribution in [0.15, 0.2) is 0 Å². The summed E-state index contributed by atoms with van der Waals surface area (Å²) in [6.07, 6.45) is 6.03. The lowest BCUT2D eigenvalue weighted by atomic mass is 9.94. The molecule has 0 aromatic carbocycles. The molecule has 0 N–H and O–H groups in total. The summed E-state index contributed by atoms with van der Waals surface area (Å²) in [6, 6.07) is 0.865. The predicted molar refractivity (Wildman–Crippen MR) is 56.7 cm³/mol. The lowest BCUT2D eigenvalue weighted by molar-refractivity contribution is 0.249. The Morgan fingerprint density at radius 3 is 2.38 bits per heavy atom. The van der Waals surface area contributed by atoms with Crippen LogP contribution in [0.2, 0.25) is 0 Å². The van der Waals surface area contributed by atoms with E-state index < -0.39 is 0 Å². The molecule has 1 saturated carbocycles. The number of likely N-dealkylation sites (tertiary alicyclic amines) is 1. The van der Waals surface area contributed by atoms with Gasteiger partial charge in [-0.15, -0.1) is 0 Å². The molecule has 2 atom stereocenters. The van der Waals surface area contributed by atoms with E-state index in [0.717, 1.165) is 23.8 Å². The van der Waals surface area contributed by atoms with Crippen molar-refractivity contribution >= 4 is 0 Å². The summed E-state index contributed by atoms with van der Waals surface area (Å²) >= 11 is 0. The van der Waals surface area contributed by atoms with Crippen LogP contribution < -0.4 is 0 Å². The van der Waals surface area contributed by atoms with Crippen molar-refractivity contribution in [3.8, 4) is 0 Å². The molecular weight excluding hydrogens is 158 g/mol. The molecule has 0 aromatic rings. The maximum Gasteiger partial charge on any atom is 0.0118 e. The SMILES string of the molecule is CC(C)C1CC(CC2CC2)CN1C. The van der Waals surface area contributed by atoms with Crippen LogP contribution in [0.4, 0.5) is 0 Å². The predicted octanol–water partition coefficient (Wildman–Crippen LogP) is 2.76. The van der Waals surface area contributed by atoms with Crippen LogP contribution in [0.3, 0.4) is 0 Å². The molecule has 1 aliphatic carbocycles. The Labute approximate surface area is 82.5 Å². The lowest BCUT2D eigenvalue weighted by Crippen LogP contribution is -2.29. The van der Waals surface area contributed by atoms with Gasteiger partial charge in [-0.25, -0.2) is 0 Å². The Morgan fingerprint density at radius 2 is 1.92 bits per heavy atom. The number of nitrogens with zero attached hydrogens (tertiary/aromatic N) is 1. The van der Waals surface area contributed by atoms with Gasteiger partial charge >= 0.3 is 0 Å². The fourth-order valence-corrected chi connectivity index (χ4v) is 2.92. The molecule has 0 spiro atoms. The molecule has 1 heteroatoms. The van der Waals surface area contributed by atoms with E-state index in [9.17, 15) is 0 Å². The molecule has 1 heterocycles. The van der Waals surface area contributed by atoms with Gasteiger partial charge in [-0.2, -0.15) is 0 Å². The quantitative estimate of drug-likeness (QED) is 0.647. The molecule has 1 saturated heterocycles. The van der Waals surface area contributed by atoms with E-state index >= 15 is 0 Å². The zero-order chi connectivity index (χ0) is 9.42. The van der Waals surface area contributed by atoms with Gasteiger partial charge in [0, 0.05) is 12.6 Å². The largest absolute Gasteiger partial charge is 0.303 e. The normalized spacial score (nSPS) is 36.0. The van der Waals surface area contributed by atoms with E-state index in [1.54, 1.807) is 0 Å². The molecule has 2 rings (SSSR count). The smallest absolute Gasteiger partial charge is 0.0118 e. The van der Waals surface area contributed by atoms with Crippen molar-refractivity contribution in [3.05, 3.63) is 0 Å². The molecule has 0 radical (unpaired) electrons. The van der Waals surface area contributed by atoms with E-state index in [2.05, 4.69) is 25.8 Å². The minimum Gasteiger partial charge on any atom is -0.303 e. The summed E-state index contributed by atoms with van der Waals surface area (Å²) in [6.45, 7) is 6.08. The van der Waals surface area contributed by atoms with Crippen LogP contribution in [0, 0.1) is 17.8 Å². The minimum absolute atomic E-state index is 0.842. The molecule has 2 aliphatic rings. The Bertz CT molecular complexity index is 172. The first-order valence-electron chi connectivity index (χ1n) is 5.87. The summed E-state index contributed by atoms with van der Waals surface area (Å²) in [5.41, 5.74) is 0. The van der Waals surface area contributed by atoms with Crippen LogP contribution >= 0.6 is 0 Å². The van der Waals surface area contributed by atoms with E-state index in [4.69, 9.17) is 0 Å². The molecule has 1 nitrogen and oxygen atoms in total. The van der Waals surface area contributed by atoms with Gasteiger partial charge in [0.1, 0.15) is 0 Å². The van der Waals surface area contributed by atoms with Crippen LogP contribution in [0.1, 0.15) is 39.5 Å². The van der Waals surface area contributed by atoms with Gasteiger partial charge in [-0.1, -0.05) is 26.7 Å². The van der Waals surface area contributed by atoms with Crippen molar-refractivity contribution in [1.29, 1.82) is 0 Å². The molecule has 0 amide bonds. The third-order valence-corrected chi connectivity index (χ3v) is 3.82. The average Bonchev–Trinajstić information content (AvgIpc) is 2.75. The fraction of sp³-hybridized carbons (Fsp3) is 1.00. The Balaban J connectivity index is 1.82. The Morgan fingerprint density at radius 1 is 1.23 bits per heavy atom. The topological polar surface area (TPSA) is 3.24 Å². The first kappa shape index (κ1) is 9.51. The number of hydrogen-bond acceptors (Lipinski definition) is 1. The maximum atomic E-state index is 2.58. The molecule has 0 aromatic heterocycles. The molecule has 2 fully saturated rings. The minimum atomic E-state index is 0.842. The van der Waals surface area contributed by atoms with E-state index in [0.29, 0.717) is 0 Å². The molecule has 1 aliphatic heterocycles. The summed E-state index contributed by atoms with van der Waals surface area (Å²) in [4.78, 5) is 2.58. The Kier molecular flexibility index (Phi) is 2.64. The molecule has 0 bridgehead atoms. The van der Waals surface area contributed by atoms with Gasteiger partial charge in [-0.05, 0) is 37.6 Å². The van der Waals surface area contributed by atoms with Crippen molar-refractivity contribution in [1.82, 2.24) is 4.90 Å². The van der Waals surface area contributed by atoms with Crippen LogP contribution in [-0.4, -0.2) is 24.5 Å². The molecule has 76 valence electrons. The monoisotopic (exact) mass is 181 g/mol. The van der Waals surface area contributed by atoms with Gasteiger partial charge in [-0.3, -0.25) is 0 Å². The summed E-state index contributed by atoms with van der Waals surface area (Å²) < 4.78 is 0. The van der Waals surface area contributed by atoms with Gasteiger partial charge in [0.15, 0.2) is 0 Å². The van der Waals surface area contributed by atoms with Gasteiger partial charge in [0.25, 0.3) is 0 Å². The van der Waals surface area contributed by atoms with Gasteiger partial charge in [0.2, 0.25) is 0 Å². The summed E-state index contributed by atoms with van der Waals surface area (Å²) in [5.74, 6) is 2.98. The highest BCUT2D eigenvalue weighted by molar-refractivity contribution is 4.88. The molecular formula is C12H23N. The highest BCUT2D eigenvalue weighted by atomic mass is 15.2. The van der Waals surface area contributed by atoms with Crippen molar-refractivity contribution in [2.45, 2.75) is 45.6 Å². The van der Waals surface area contributed by atoms with E-state index in [1.807, 2.05) is 0 Å². The average molecular weight is 181 g/mol. The first-order chi connectivity index (χ1) is 6.16. The molecule has 2 unspecified atom stereocenters. The zero-order valence-corrected chi connectivity index (χ0v) is 9.29. The molecule has 13 heavy (non-hydrogen) atoms. The van der Waals surface area contributed by atoms with Gasteiger partial charge in [0.05, 0.1) is 0 Å². The standard InChI is InChI=1S/C12H23N/c1-9(2)12-7-11(8-13(12)3)6-10-4-5-10/h9-12H,4-8H2,1-3H3. The second-order valence-corrected chi connectivity index (χ2v) is 5.53. The van der Waals surface area contributed by atoms with E-state index in [-0.39, 0.29) is 0 Å². The van der Waals surface area contributed by atoms with E-state index in [1.165, 1.54) is 32.2 Å². The maximum absolute atomic E-state index is 2.58. The van der Waals surface area contributed by atoms with Crippen molar-refractivity contribution in [2.24, 2.45) is 17.8 Å². The third-order valence-electron chi connectivity index (χ3n) is 3.82. The zero-order valence-electron chi connectivity index (χ0n) is 9.29. The van der Waals surface area contributed by atoms with Crippen molar-refractivity contribution in [2.75, 3.05) is 13.6 Å². The van der Waals surface area contributed by atoms with Crippen LogP contribution in [0.5, 0.6) is 0 Å². The number of hydrogen-bond donors (Lipinski definition) is 0. The first-order valence-corrected chi connectivity index (χ1v) is 5.87. The highest BCUT2D eigenvalue weighted by Crippen LogP contribution is 2.39. The highest BCUT2D eigenvalue weighted by Gasteiger charge is 2.34. The fourth-order valence-electron chi connectivity index (χ4n) is 2.92. The van der Waals surface area contributed by atoms with Crippen molar-refractivity contribution in [3.63, 3.8) is 0 Å². The van der Waals surface area contributed by atoms with Crippen LogP contribution in [-0.2, 0) is 0 Å². The second-order valence-electron chi connectivity index (χ2n) is 5.53. The third kappa shape index (κ3) is 2.25.